The van der Waals surface area contributed by atoms with Crippen LogP contribution in [0.15, 0.2) is 59.3 Å². The van der Waals surface area contributed by atoms with E-state index in [9.17, 15) is 4.79 Å². The van der Waals surface area contributed by atoms with E-state index in [2.05, 4.69) is 25.8 Å². The van der Waals surface area contributed by atoms with Crippen molar-refractivity contribution in [3.63, 3.8) is 0 Å². The largest absolute Gasteiger partial charge is 0.368 e. The molecule has 0 unspecified atom stereocenters. The predicted molar refractivity (Wildman–Crippen MR) is 96.2 cm³/mol. The molecule has 0 bridgehead atoms. The van der Waals surface area contributed by atoms with Gasteiger partial charge in [0.1, 0.15) is 0 Å². The lowest BCUT2D eigenvalue weighted by Crippen LogP contribution is -2.48. The number of anilines is 1. The molecule has 1 aliphatic rings. The fourth-order valence-electron chi connectivity index (χ4n) is 2.59. The van der Waals surface area contributed by atoms with Crippen molar-refractivity contribution in [2.75, 3.05) is 31.1 Å². The number of pyridine rings is 1. The van der Waals surface area contributed by atoms with E-state index in [1.165, 1.54) is 0 Å². The van der Waals surface area contributed by atoms with E-state index in [1.807, 2.05) is 47.4 Å². The zero-order chi connectivity index (χ0) is 16.1. The SMILES string of the molecule is O=C(/C=C/c1ccc(Br)cc1)N1CCN(c2ccncc2)CC1. The third-order valence-corrected chi connectivity index (χ3v) is 4.44. The van der Waals surface area contributed by atoms with E-state index < -0.39 is 0 Å². The average molecular weight is 372 g/mol. The molecule has 1 amide bonds. The van der Waals surface area contributed by atoms with Crippen molar-refractivity contribution >= 4 is 33.6 Å². The van der Waals surface area contributed by atoms with Crippen molar-refractivity contribution in [2.45, 2.75) is 0 Å². The Bertz CT molecular complexity index is 677. The first-order valence-corrected chi connectivity index (χ1v) is 8.39. The molecule has 0 N–H and O–H groups in total. The number of hydrogen-bond acceptors (Lipinski definition) is 3. The van der Waals surface area contributed by atoms with Crippen LogP contribution < -0.4 is 4.90 Å². The average Bonchev–Trinajstić information content (AvgIpc) is 2.62. The number of benzene rings is 1. The summed E-state index contributed by atoms with van der Waals surface area (Å²) in [7, 11) is 0. The van der Waals surface area contributed by atoms with Gasteiger partial charge >= 0.3 is 0 Å². The highest BCUT2D eigenvalue weighted by Crippen LogP contribution is 2.15. The van der Waals surface area contributed by atoms with Crippen molar-refractivity contribution in [3.05, 3.63) is 64.9 Å². The smallest absolute Gasteiger partial charge is 0.246 e. The molecule has 0 saturated carbocycles. The molecule has 1 saturated heterocycles. The van der Waals surface area contributed by atoms with Crippen molar-refractivity contribution in [1.82, 2.24) is 9.88 Å². The van der Waals surface area contributed by atoms with Crippen LogP contribution >= 0.6 is 15.9 Å². The normalized spacial score (nSPS) is 15.2. The second kappa shape index (κ2) is 7.42. The van der Waals surface area contributed by atoms with Crippen molar-refractivity contribution < 1.29 is 4.79 Å². The Balaban J connectivity index is 1.55. The van der Waals surface area contributed by atoms with Crippen molar-refractivity contribution in [1.29, 1.82) is 0 Å². The van der Waals surface area contributed by atoms with Crippen molar-refractivity contribution in [2.24, 2.45) is 0 Å². The van der Waals surface area contributed by atoms with Gasteiger partial charge in [-0.25, -0.2) is 0 Å². The van der Waals surface area contributed by atoms with Crippen LogP contribution in [0, 0.1) is 0 Å². The van der Waals surface area contributed by atoms with Crippen LogP contribution in [0.3, 0.4) is 0 Å². The van der Waals surface area contributed by atoms with E-state index in [1.54, 1.807) is 18.5 Å². The molecule has 4 nitrogen and oxygen atoms in total. The van der Waals surface area contributed by atoms with Gasteiger partial charge in [0.15, 0.2) is 0 Å². The molecule has 1 fully saturated rings. The maximum absolute atomic E-state index is 12.3. The quantitative estimate of drug-likeness (QED) is 0.777. The number of aromatic nitrogens is 1. The minimum atomic E-state index is 0.0716. The molecule has 0 radical (unpaired) electrons. The topological polar surface area (TPSA) is 36.4 Å². The zero-order valence-corrected chi connectivity index (χ0v) is 14.3. The molecule has 1 aromatic heterocycles. The Morgan fingerprint density at radius 2 is 1.65 bits per heavy atom. The van der Waals surface area contributed by atoms with Crippen LogP contribution in [-0.4, -0.2) is 42.0 Å². The second-order valence-corrected chi connectivity index (χ2v) is 6.32. The van der Waals surface area contributed by atoms with Gasteiger partial charge in [0.05, 0.1) is 0 Å². The molecule has 0 atom stereocenters. The molecule has 23 heavy (non-hydrogen) atoms. The van der Waals surface area contributed by atoms with Gasteiger partial charge in [0, 0.05) is 54.8 Å². The van der Waals surface area contributed by atoms with Gasteiger partial charge < -0.3 is 9.80 Å². The highest BCUT2D eigenvalue weighted by molar-refractivity contribution is 9.10. The number of nitrogens with zero attached hydrogens (tertiary/aromatic N) is 3. The van der Waals surface area contributed by atoms with Crippen molar-refractivity contribution in [3.8, 4) is 0 Å². The number of halogens is 1. The molecule has 3 rings (SSSR count). The van der Waals surface area contributed by atoms with E-state index >= 15 is 0 Å². The minimum absolute atomic E-state index is 0.0716. The van der Waals surface area contributed by atoms with Crippen LogP contribution in [0.1, 0.15) is 5.56 Å². The Kier molecular flexibility index (Phi) is 5.08. The summed E-state index contributed by atoms with van der Waals surface area (Å²) in [4.78, 5) is 20.5. The molecular formula is C18H18BrN3O. The number of piperazine rings is 1. The first-order valence-electron chi connectivity index (χ1n) is 7.60. The van der Waals surface area contributed by atoms with Crippen LogP contribution in [-0.2, 0) is 4.79 Å². The summed E-state index contributed by atoms with van der Waals surface area (Å²) in [5.41, 5.74) is 2.19. The maximum atomic E-state index is 12.3. The zero-order valence-electron chi connectivity index (χ0n) is 12.7. The van der Waals surface area contributed by atoms with Crippen LogP contribution in [0.2, 0.25) is 0 Å². The summed E-state index contributed by atoms with van der Waals surface area (Å²) in [5, 5.41) is 0. The monoisotopic (exact) mass is 371 g/mol. The summed E-state index contributed by atoms with van der Waals surface area (Å²) >= 11 is 3.41. The Morgan fingerprint density at radius 1 is 1.00 bits per heavy atom. The third kappa shape index (κ3) is 4.20. The Labute approximate surface area is 144 Å². The number of carbonyl (C=O) groups is 1. The van der Waals surface area contributed by atoms with Gasteiger partial charge in [-0.3, -0.25) is 9.78 Å². The second-order valence-electron chi connectivity index (χ2n) is 5.40. The number of carbonyl (C=O) groups excluding carboxylic acids is 1. The molecule has 2 heterocycles. The summed E-state index contributed by atoms with van der Waals surface area (Å²) in [5.74, 6) is 0.0716. The molecule has 1 aliphatic heterocycles. The van der Waals surface area contributed by atoms with Gasteiger partial charge in [-0.15, -0.1) is 0 Å². The highest BCUT2D eigenvalue weighted by atomic mass is 79.9. The molecule has 2 aromatic rings. The lowest BCUT2D eigenvalue weighted by Gasteiger charge is -2.35. The number of hydrogen-bond donors (Lipinski definition) is 0. The fourth-order valence-corrected chi connectivity index (χ4v) is 2.85. The summed E-state index contributed by atoms with van der Waals surface area (Å²) in [6.45, 7) is 3.18. The van der Waals surface area contributed by atoms with Crippen LogP contribution in [0.4, 0.5) is 5.69 Å². The molecule has 0 aliphatic carbocycles. The van der Waals surface area contributed by atoms with E-state index in [-0.39, 0.29) is 5.91 Å². The molecule has 5 heteroatoms. The first kappa shape index (κ1) is 15.7. The third-order valence-electron chi connectivity index (χ3n) is 3.91. The van der Waals surface area contributed by atoms with E-state index in [0.717, 1.165) is 41.9 Å². The summed E-state index contributed by atoms with van der Waals surface area (Å²) in [6, 6.07) is 11.9. The Hall–Kier alpha value is -2.14. The minimum Gasteiger partial charge on any atom is -0.368 e. The molecule has 118 valence electrons. The molecular weight excluding hydrogens is 354 g/mol. The van der Waals surface area contributed by atoms with Gasteiger partial charge in [-0.2, -0.15) is 0 Å². The maximum Gasteiger partial charge on any atom is 0.246 e. The highest BCUT2D eigenvalue weighted by Gasteiger charge is 2.19. The van der Waals surface area contributed by atoms with Crippen LogP contribution in [0.25, 0.3) is 6.08 Å². The van der Waals surface area contributed by atoms with E-state index in [4.69, 9.17) is 0 Å². The molecule has 0 spiro atoms. The fraction of sp³-hybridized carbons (Fsp3) is 0.222. The lowest BCUT2D eigenvalue weighted by atomic mass is 10.2. The van der Waals surface area contributed by atoms with Gasteiger partial charge in [-0.1, -0.05) is 28.1 Å². The number of amides is 1. The van der Waals surface area contributed by atoms with Gasteiger partial charge in [0.25, 0.3) is 0 Å². The Morgan fingerprint density at radius 3 is 2.30 bits per heavy atom. The van der Waals surface area contributed by atoms with Gasteiger partial charge in [0.2, 0.25) is 5.91 Å². The molecule has 1 aromatic carbocycles. The lowest BCUT2D eigenvalue weighted by molar-refractivity contribution is -0.126. The van der Waals surface area contributed by atoms with E-state index in [0.29, 0.717) is 0 Å². The first-order chi connectivity index (χ1) is 11.2. The van der Waals surface area contributed by atoms with Crippen LogP contribution in [0.5, 0.6) is 0 Å². The summed E-state index contributed by atoms with van der Waals surface area (Å²) in [6.07, 6.45) is 7.12. The number of rotatable bonds is 3. The predicted octanol–water partition coefficient (Wildman–Crippen LogP) is 3.21. The summed E-state index contributed by atoms with van der Waals surface area (Å²) < 4.78 is 1.04. The standard InChI is InChI=1S/C18H18BrN3O/c19-16-4-1-15(2-5-16)3-6-18(23)22-13-11-21(12-14-22)17-7-9-20-10-8-17/h1-10H,11-14H2/b6-3+. The van der Waals surface area contributed by atoms with Gasteiger partial charge in [-0.05, 0) is 35.9 Å².